The molecular formula is C28H34N2O8. The largest absolute Gasteiger partial charge is 0.480 e. The van der Waals surface area contributed by atoms with Crippen molar-refractivity contribution in [2.75, 3.05) is 6.54 Å². The van der Waals surface area contributed by atoms with Crippen molar-refractivity contribution in [2.45, 2.75) is 59.5 Å². The Labute approximate surface area is 221 Å². The predicted molar refractivity (Wildman–Crippen MR) is 141 cm³/mol. The standard InChI is InChI=1S/C28H34N2O8/c1-6-15(3)30-22(27(37)38)14-29-24(32)21-13-17(9-11-19(21)26(35)36)16-8-10-18(25(33)34)20(12-16)23(31)28(4,5)7-2/h8-13,15,22,30H,6-7,14H2,1-5H3,(H,29,32)(H,33,34)(H,35,36)(H,37,38). The number of nitrogens with one attached hydrogen (secondary N) is 2. The highest BCUT2D eigenvalue weighted by atomic mass is 16.4. The van der Waals surface area contributed by atoms with Crippen LogP contribution in [0.5, 0.6) is 0 Å². The fourth-order valence-corrected chi connectivity index (χ4v) is 3.69. The number of Topliss-reactive ketones (excluding diaryl/α,β-unsaturated/α-hetero) is 1. The fraction of sp³-hybridized carbons (Fsp3) is 0.393. The number of benzene rings is 2. The van der Waals surface area contributed by atoms with E-state index in [0.29, 0.717) is 24.0 Å². The monoisotopic (exact) mass is 526 g/mol. The van der Waals surface area contributed by atoms with Gasteiger partial charge >= 0.3 is 17.9 Å². The molecule has 0 radical (unpaired) electrons. The van der Waals surface area contributed by atoms with E-state index in [1.807, 2.05) is 13.8 Å². The second-order valence-electron chi connectivity index (χ2n) is 9.77. The Morgan fingerprint density at radius 1 is 0.816 bits per heavy atom. The number of aromatic carboxylic acids is 2. The van der Waals surface area contributed by atoms with E-state index in [-0.39, 0.29) is 40.6 Å². The summed E-state index contributed by atoms with van der Waals surface area (Å²) in [7, 11) is 0. The summed E-state index contributed by atoms with van der Waals surface area (Å²) < 4.78 is 0. The topological polar surface area (TPSA) is 170 Å². The van der Waals surface area contributed by atoms with Crippen LogP contribution in [0.3, 0.4) is 0 Å². The molecule has 0 bridgehead atoms. The van der Waals surface area contributed by atoms with Gasteiger partial charge in [0.15, 0.2) is 5.78 Å². The molecule has 0 heterocycles. The van der Waals surface area contributed by atoms with E-state index >= 15 is 0 Å². The van der Waals surface area contributed by atoms with Crippen molar-refractivity contribution in [3.8, 4) is 11.1 Å². The quantitative estimate of drug-likeness (QED) is 0.243. The average molecular weight is 527 g/mol. The third kappa shape index (κ3) is 7.04. The third-order valence-electron chi connectivity index (χ3n) is 6.68. The Bertz CT molecular complexity index is 1250. The molecule has 0 aliphatic carbocycles. The van der Waals surface area contributed by atoms with Gasteiger partial charge in [0.2, 0.25) is 0 Å². The van der Waals surface area contributed by atoms with Gasteiger partial charge in [0.1, 0.15) is 6.04 Å². The molecule has 0 fully saturated rings. The van der Waals surface area contributed by atoms with E-state index in [1.165, 1.54) is 36.4 Å². The first-order chi connectivity index (χ1) is 17.7. The van der Waals surface area contributed by atoms with E-state index < -0.39 is 35.3 Å². The van der Waals surface area contributed by atoms with E-state index in [9.17, 15) is 39.3 Å². The Balaban J connectivity index is 2.51. The molecule has 204 valence electrons. The van der Waals surface area contributed by atoms with Gasteiger partial charge in [-0.25, -0.2) is 9.59 Å². The lowest BCUT2D eigenvalue weighted by atomic mass is 9.80. The first-order valence-corrected chi connectivity index (χ1v) is 12.3. The maximum Gasteiger partial charge on any atom is 0.336 e. The number of hydrogen-bond acceptors (Lipinski definition) is 6. The highest BCUT2D eigenvalue weighted by Gasteiger charge is 2.30. The minimum atomic E-state index is -1.35. The van der Waals surface area contributed by atoms with E-state index in [1.54, 1.807) is 20.8 Å². The molecule has 2 rings (SSSR count). The van der Waals surface area contributed by atoms with Crippen molar-refractivity contribution < 1.29 is 39.3 Å². The summed E-state index contributed by atoms with van der Waals surface area (Å²) in [5, 5.41) is 34.1. The van der Waals surface area contributed by atoms with Crippen LogP contribution in [0.15, 0.2) is 36.4 Å². The second-order valence-corrected chi connectivity index (χ2v) is 9.77. The molecule has 2 unspecified atom stereocenters. The van der Waals surface area contributed by atoms with Gasteiger partial charge in [-0.15, -0.1) is 0 Å². The van der Waals surface area contributed by atoms with Crippen molar-refractivity contribution in [1.29, 1.82) is 0 Å². The predicted octanol–water partition coefficient (Wildman–Crippen LogP) is 3.94. The summed E-state index contributed by atoms with van der Waals surface area (Å²) in [4.78, 5) is 61.4. The van der Waals surface area contributed by atoms with Crippen LogP contribution in [0, 0.1) is 5.41 Å². The van der Waals surface area contributed by atoms with Crippen LogP contribution in [0.1, 0.15) is 88.9 Å². The number of hydrogen-bond donors (Lipinski definition) is 5. The zero-order valence-corrected chi connectivity index (χ0v) is 22.1. The summed E-state index contributed by atoms with van der Waals surface area (Å²) >= 11 is 0. The first-order valence-electron chi connectivity index (χ1n) is 12.3. The molecule has 0 saturated carbocycles. The van der Waals surface area contributed by atoms with E-state index in [4.69, 9.17) is 0 Å². The van der Waals surface area contributed by atoms with Gasteiger partial charge < -0.3 is 26.0 Å². The summed E-state index contributed by atoms with van der Waals surface area (Å²) in [6, 6.07) is 7.04. The Morgan fingerprint density at radius 3 is 1.76 bits per heavy atom. The zero-order valence-electron chi connectivity index (χ0n) is 22.1. The summed E-state index contributed by atoms with van der Waals surface area (Å²) in [5.74, 6) is -4.91. The van der Waals surface area contributed by atoms with Crippen LogP contribution in [0.2, 0.25) is 0 Å². The molecule has 0 spiro atoms. The number of ketones is 1. The lowest BCUT2D eigenvalue weighted by molar-refractivity contribution is -0.139. The van der Waals surface area contributed by atoms with Gasteiger partial charge in [0.05, 0.1) is 16.7 Å². The molecule has 2 atom stereocenters. The average Bonchev–Trinajstić information content (AvgIpc) is 2.88. The minimum Gasteiger partial charge on any atom is -0.480 e. The van der Waals surface area contributed by atoms with Crippen molar-refractivity contribution in [1.82, 2.24) is 10.6 Å². The summed E-state index contributed by atoms with van der Waals surface area (Å²) in [6.45, 7) is 8.67. The highest BCUT2D eigenvalue weighted by Crippen LogP contribution is 2.31. The van der Waals surface area contributed by atoms with Crippen molar-refractivity contribution in [3.05, 3.63) is 58.7 Å². The van der Waals surface area contributed by atoms with Crippen molar-refractivity contribution in [3.63, 3.8) is 0 Å². The van der Waals surface area contributed by atoms with Gasteiger partial charge in [-0.2, -0.15) is 0 Å². The molecule has 0 aliphatic rings. The third-order valence-corrected chi connectivity index (χ3v) is 6.68. The molecule has 0 saturated heterocycles. The van der Waals surface area contributed by atoms with Crippen LogP contribution in [-0.4, -0.2) is 63.5 Å². The molecule has 2 aromatic rings. The van der Waals surface area contributed by atoms with Crippen LogP contribution >= 0.6 is 0 Å². The molecule has 2 aromatic carbocycles. The Morgan fingerprint density at radius 2 is 1.32 bits per heavy atom. The van der Waals surface area contributed by atoms with Crippen molar-refractivity contribution >= 4 is 29.6 Å². The lowest BCUT2D eigenvalue weighted by Gasteiger charge is -2.22. The number of carboxylic acids is 3. The van der Waals surface area contributed by atoms with Crippen LogP contribution in [0.25, 0.3) is 11.1 Å². The van der Waals surface area contributed by atoms with Gasteiger partial charge in [-0.05, 0) is 55.2 Å². The molecule has 0 aromatic heterocycles. The summed E-state index contributed by atoms with van der Waals surface area (Å²) in [5.41, 5.74) is -0.661. The number of carbonyl (C=O) groups is 5. The van der Waals surface area contributed by atoms with Gasteiger partial charge in [-0.1, -0.05) is 39.8 Å². The molecular weight excluding hydrogens is 492 g/mol. The highest BCUT2D eigenvalue weighted by molar-refractivity contribution is 6.09. The second kappa shape index (κ2) is 12.5. The van der Waals surface area contributed by atoms with E-state index in [0.717, 1.165) is 0 Å². The minimum absolute atomic E-state index is 0.00980. The number of amides is 1. The molecule has 10 nitrogen and oxygen atoms in total. The van der Waals surface area contributed by atoms with Crippen LogP contribution < -0.4 is 10.6 Å². The molecule has 38 heavy (non-hydrogen) atoms. The number of carboxylic acid groups (broad SMARTS) is 3. The number of aliphatic carboxylic acids is 1. The van der Waals surface area contributed by atoms with Crippen LogP contribution in [0.4, 0.5) is 0 Å². The van der Waals surface area contributed by atoms with Crippen molar-refractivity contribution in [2.24, 2.45) is 5.41 Å². The zero-order chi connectivity index (χ0) is 28.8. The van der Waals surface area contributed by atoms with Crippen LogP contribution in [-0.2, 0) is 4.79 Å². The SMILES string of the molecule is CCC(C)NC(CNC(=O)c1cc(-c2ccc(C(=O)O)c(C(=O)C(C)(C)CC)c2)ccc1C(=O)O)C(=O)O. The number of rotatable bonds is 13. The number of carbonyl (C=O) groups excluding carboxylic acids is 2. The lowest BCUT2D eigenvalue weighted by Crippen LogP contribution is -2.49. The molecule has 0 aliphatic heterocycles. The summed E-state index contributed by atoms with van der Waals surface area (Å²) in [6.07, 6.45) is 1.15. The fourth-order valence-electron chi connectivity index (χ4n) is 3.69. The normalized spacial score (nSPS) is 12.9. The van der Waals surface area contributed by atoms with E-state index in [2.05, 4.69) is 10.6 Å². The molecule has 1 amide bonds. The molecule has 10 heteroatoms. The Hall–Kier alpha value is -4.05. The van der Waals surface area contributed by atoms with Gasteiger partial charge in [-0.3, -0.25) is 14.4 Å². The smallest absolute Gasteiger partial charge is 0.336 e. The molecule has 5 N–H and O–H groups in total. The maximum absolute atomic E-state index is 13.2. The first kappa shape index (κ1) is 30.2. The maximum atomic E-state index is 13.2. The van der Waals surface area contributed by atoms with Gasteiger partial charge in [0, 0.05) is 23.6 Å². The van der Waals surface area contributed by atoms with Gasteiger partial charge in [0.25, 0.3) is 5.91 Å². The Kier molecular flexibility index (Phi) is 9.90.